The number of nitriles is 1. The Morgan fingerprint density at radius 3 is 2.51 bits per heavy atom. The van der Waals surface area contributed by atoms with E-state index in [1.165, 1.54) is 30.5 Å². The number of aromatic nitrogens is 1. The molecule has 0 saturated carbocycles. The van der Waals surface area contributed by atoms with Crippen LogP contribution in [0.15, 0.2) is 52.7 Å². The number of nitrogens with one attached hydrogen (secondary N) is 2. The van der Waals surface area contributed by atoms with Gasteiger partial charge in [-0.3, -0.25) is 9.78 Å². The minimum atomic E-state index is -4.66. The Morgan fingerprint density at radius 2 is 1.92 bits per heavy atom. The third-order valence-corrected chi connectivity index (χ3v) is 6.26. The van der Waals surface area contributed by atoms with Gasteiger partial charge in [-0.05, 0) is 56.6 Å². The van der Waals surface area contributed by atoms with E-state index in [2.05, 4.69) is 15.6 Å². The van der Waals surface area contributed by atoms with Crippen molar-refractivity contribution >= 4 is 28.7 Å². The molecule has 0 saturated heterocycles. The van der Waals surface area contributed by atoms with E-state index in [4.69, 9.17) is 4.74 Å². The van der Waals surface area contributed by atoms with Crippen LogP contribution in [0.25, 0.3) is 0 Å². The lowest BCUT2D eigenvalue weighted by molar-refractivity contribution is -0.141. The van der Waals surface area contributed by atoms with Crippen LogP contribution in [0.4, 0.5) is 23.7 Å². The van der Waals surface area contributed by atoms with Crippen molar-refractivity contribution in [1.29, 1.82) is 5.26 Å². The highest BCUT2D eigenvalue weighted by molar-refractivity contribution is 7.90. The van der Waals surface area contributed by atoms with E-state index in [9.17, 15) is 32.6 Å². The molecule has 2 aromatic rings. The van der Waals surface area contributed by atoms with Crippen LogP contribution in [0.2, 0.25) is 0 Å². The number of amides is 1. The zero-order chi connectivity index (χ0) is 27.5. The molecule has 0 spiro atoms. The molecular formula is C25H25F3N4O4S. The number of alkyl halides is 3. The summed E-state index contributed by atoms with van der Waals surface area (Å²) < 4.78 is 57.4. The monoisotopic (exact) mass is 534 g/mol. The molecule has 2 unspecified atom stereocenters. The normalized spacial score (nSPS) is 15.7. The predicted molar refractivity (Wildman–Crippen MR) is 130 cm³/mol. The fourth-order valence-electron chi connectivity index (χ4n) is 3.80. The maximum atomic E-state index is 13.2. The van der Waals surface area contributed by atoms with E-state index < -0.39 is 40.8 Å². The Morgan fingerprint density at radius 1 is 1.22 bits per heavy atom. The summed E-state index contributed by atoms with van der Waals surface area (Å²) in [5, 5.41) is 14.8. The number of hydrogen-bond donors (Lipinski definition) is 2. The third kappa shape index (κ3) is 7.02. The number of pyridine rings is 1. The molecule has 37 heavy (non-hydrogen) atoms. The maximum Gasteiger partial charge on any atom is 0.433 e. The summed E-state index contributed by atoms with van der Waals surface area (Å²) in [6.45, 7) is 4.97. The van der Waals surface area contributed by atoms with Crippen LogP contribution in [-0.4, -0.2) is 33.3 Å². The lowest BCUT2D eigenvalue weighted by atomic mass is 9.95. The van der Waals surface area contributed by atoms with Crippen molar-refractivity contribution in [3.8, 4) is 6.07 Å². The first-order valence-corrected chi connectivity index (χ1v) is 12.7. The number of Topliss-reactive ketones (excluding diaryl/α,β-unsaturated/α-hetero) is 1. The topological polar surface area (TPSA) is 127 Å². The molecule has 196 valence electrons. The van der Waals surface area contributed by atoms with Crippen LogP contribution in [0.1, 0.15) is 56.5 Å². The minimum absolute atomic E-state index is 0.0439. The average Bonchev–Trinajstić information content (AvgIpc) is 3.15. The summed E-state index contributed by atoms with van der Waals surface area (Å²) in [4.78, 5) is 29.4. The minimum Gasteiger partial charge on any atom is -0.612 e. The summed E-state index contributed by atoms with van der Waals surface area (Å²) in [7, 11) is 0. The zero-order valence-corrected chi connectivity index (χ0v) is 21.3. The van der Waals surface area contributed by atoms with Crippen molar-refractivity contribution < 1.29 is 32.0 Å². The van der Waals surface area contributed by atoms with E-state index in [1.807, 2.05) is 6.07 Å². The summed E-state index contributed by atoms with van der Waals surface area (Å²) in [6, 6.07) is 7.31. The summed E-state index contributed by atoms with van der Waals surface area (Å²) >= 11 is -1.61. The Balaban J connectivity index is 2.14. The first-order valence-electron chi connectivity index (χ1n) is 11.1. The Hall–Kier alpha value is -3.56. The van der Waals surface area contributed by atoms with E-state index in [0.29, 0.717) is 11.3 Å². The summed E-state index contributed by atoms with van der Waals surface area (Å²) in [5.74, 6) is -0.356. The van der Waals surface area contributed by atoms with Gasteiger partial charge in [-0.15, -0.1) is 0 Å². The number of halogens is 3. The fraction of sp³-hybridized carbons (Fsp3) is 0.360. The molecule has 1 amide bonds. The first kappa shape index (κ1) is 28.0. The molecular weight excluding hydrogens is 509 g/mol. The lowest BCUT2D eigenvalue weighted by Crippen LogP contribution is -2.37. The highest BCUT2D eigenvalue weighted by Crippen LogP contribution is 2.37. The SMILES string of the molecule is C[S+]([O-])c1cc(C#N)ccc1C(NC(=O)OC(C)(C)C)C1=C(Nc2ccnc(C(F)(F)F)c2)CCC1=O. The second-order valence-corrected chi connectivity index (χ2v) is 10.6. The van der Waals surface area contributed by atoms with Gasteiger partial charge >= 0.3 is 12.3 Å². The molecule has 0 fully saturated rings. The number of rotatable bonds is 6. The number of ketones is 1. The van der Waals surface area contributed by atoms with Crippen LogP contribution < -0.4 is 10.6 Å². The van der Waals surface area contributed by atoms with Gasteiger partial charge in [-0.25, -0.2) is 4.79 Å². The Kier molecular flexibility index (Phi) is 8.19. The highest BCUT2D eigenvalue weighted by Gasteiger charge is 2.37. The second-order valence-electron chi connectivity index (χ2n) is 9.27. The van der Waals surface area contributed by atoms with Crippen molar-refractivity contribution in [2.45, 2.75) is 56.3 Å². The molecule has 0 bridgehead atoms. The van der Waals surface area contributed by atoms with Crippen molar-refractivity contribution in [3.05, 3.63) is 64.6 Å². The number of anilines is 1. The number of hydrogen-bond acceptors (Lipinski definition) is 7. The van der Waals surface area contributed by atoms with Gasteiger partial charge in [0.05, 0.1) is 17.7 Å². The number of alkyl carbamates (subject to hydrolysis) is 1. The van der Waals surface area contributed by atoms with Crippen molar-refractivity contribution in [2.75, 3.05) is 11.6 Å². The highest BCUT2D eigenvalue weighted by atomic mass is 32.2. The molecule has 0 aliphatic heterocycles. The molecule has 8 nitrogen and oxygen atoms in total. The number of allylic oxidation sites excluding steroid dienone is 1. The molecule has 1 aliphatic rings. The number of carbonyl (C=O) groups excluding carboxylic acids is 2. The van der Waals surface area contributed by atoms with Gasteiger partial charge in [0.1, 0.15) is 17.6 Å². The van der Waals surface area contributed by atoms with Crippen LogP contribution in [0.3, 0.4) is 0 Å². The fourth-order valence-corrected chi connectivity index (χ4v) is 4.61. The van der Waals surface area contributed by atoms with Crippen molar-refractivity contribution in [2.24, 2.45) is 0 Å². The molecule has 1 aromatic carbocycles. The van der Waals surface area contributed by atoms with E-state index in [-0.39, 0.29) is 40.3 Å². The standard InChI is InChI=1S/C25H25F3N4O4S/c1-24(2,3)36-23(34)32-22(16-6-5-14(13-29)11-19(16)37(4)35)21-17(7-8-18(21)33)31-15-9-10-30-20(12-15)25(26,27)28/h5-6,9-12,22H,7-8H2,1-4H3,(H,30,31)(H,32,34). The van der Waals surface area contributed by atoms with Gasteiger partial charge in [-0.2, -0.15) is 18.4 Å². The van der Waals surface area contributed by atoms with E-state index in [1.54, 1.807) is 20.8 Å². The van der Waals surface area contributed by atoms with Gasteiger partial charge in [0.25, 0.3) is 0 Å². The molecule has 1 aromatic heterocycles. The maximum absolute atomic E-state index is 13.2. The number of ether oxygens (including phenoxy) is 1. The second kappa shape index (κ2) is 10.8. The Labute approximate surface area is 215 Å². The largest absolute Gasteiger partial charge is 0.612 e. The van der Waals surface area contributed by atoms with Crippen LogP contribution in [0.5, 0.6) is 0 Å². The molecule has 3 rings (SSSR count). The first-order chi connectivity index (χ1) is 17.2. The third-order valence-electron chi connectivity index (χ3n) is 5.29. The Bertz CT molecular complexity index is 1280. The predicted octanol–water partition coefficient (Wildman–Crippen LogP) is 5.00. The average molecular weight is 535 g/mol. The molecule has 1 heterocycles. The van der Waals surface area contributed by atoms with Crippen LogP contribution in [-0.2, 0) is 26.9 Å². The molecule has 12 heteroatoms. The van der Waals surface area contributed by atoms with Gasteiger partial charge in [-0.1, -0.05) is 6.07 Å². The van der Waals surface area contributed by atoms with Gasteiger partial charge in [0.2, 0.25) is 0 Å². The molecule has 0 radical (unpaired) electrons. The van der Waals surface area contributed by atoms with Gasteiger partial charge in [0.15, 0.2) is 10.7 Å². The van der Waals surface area contributed by atoms with Crippen molar-refractivity contribution in [3.63, 3.8) is 0 Å². The quantitative estimate of drug-likeness (QED) is 0.499. The summed E-state index contributed by atoms with van der Waals surface area (Å²) in [5.41, 5.74) is -1.01. The van der Waals surface area contributed by atoms with E-state index >= 15 is 0 Å². The van der Waals surface area contributed by atoms with Crippen LogP contribution >= 0.6 is 0 Å². The van der Waals surface area contributed by atoms with Gasteiger partial charge in [0, 0.05) is 41.2 Å². The zero-order valence-electron chi connectivity index (χ0n) is 20.5. The summed E-state index contributed by atoms with van der Waals surface area (Å²) in [6.07, 6.45) is -2.91. The number of benzene rings is 1. The van der Waals surface area contributed by atoms with Gasteiger partial charge < -0.3 is 19.9 Å². The number of nitrogens with zero attached hydrogens (tertiary/aromatic N) is 2. The molecule has 2 N–H and O–H groups in total. The van der Waals surface area contributed by atoms with Crippen molar-refractivity contribution in [1.82, 2.24) is 10.3 Å². The number of carbonyl (C=O) groups is 2. The lowest BCUT2D eigenvalue weighted by Gasteiger charge is -2.26. The van der Waals surface area contributed by atoms with Crippen LogP contribution in [0, 0.1) is 11.3 Å². The molecule has 2 atom stereocenters. The molecule has 1 aliphatic carbocycles. The van der Waals surface area contributed by atoms with E-state index in [0.717, 1.165) is 12.3 Å². The smallest absolute Gasteiger partial charge is 0.433 e.